The SMILES string of the molecule is CC(=O)c1nc2cc(-c3noc(=O)[nH]3)nc(-c3cncc(Cl)c3)c2n1CC1CCC(C)CC1. The highest BCUT2D eigenvalue weighted by atomic mass is 35.5. The molecule has 9 nitrogen and oxygen atoms in total. The molecular weight excluding hydrogens is 444 g/mol. The van der Waals surface area contributed by atoms with E-state index < -0.39 is 5.76 Å². The third-order valence-electron chi connectivity index (χ3n) is 6.28. The van der Waals surface area contributed by atoms with Crippen molar-refractivity contribution in [3.63, 3.8) is 0 Å². The van der Waals surface area contributed by atoms with Crippen LogP contribution in [0.4, 0.5) is 0 Å². The molecule has 4 aromatic heterocycles. The maximum absolute atomic E-state index is 12.6. The molecule has 1 aliphatic rings. The molecule has 0 amide bonds. The summed E-state index contributed by atoms with van der Waals surface area (Å²) >= 11 is 6.23. The summed E-state index contributed by atoms with van der Waals surface area (Å²) in [5.74, 6) is 0.940. The number of fused-ring (bicyclic) bond motifs is 1. The van der Waals surface area contributed by atoms with Crippen molar-refractivity contribution in [1.82, 2.24) is 29.7 Å². The number of hydrogen-bond donors (Lipinski definition) is 1. The number of rotatable bonds is 5. The molecule has 0 aromatic carbocycles. The van der Waals surface area contributed by atoms with Crippen LogP contribution in [0.3, 0.4) is 0 Å². The van der Waals surface area contributed by atoms with E-state index in [0.29, 0.717) is 45.8 Å². The second-order valence-corrected chi connectivity index (χ2v) is 9.22. The van der Waals surface area contributed by atoms with Gasteiger partial charge >= 0.3 is 5.76 Å². The molecule has 0 unspecified atom stereocenters. The first-order valence-electron chi connectivity index (χ1n) is 11.0. The van der Waals surface area contributed by atoms with Gasteiger partial charge in [0.2, 0.25) is 5.82 Å². The molecule has 33 heavy (non-hydrogen) atoms. The number of Topliss-reactive ketones (excluding diaryl/α,β-unsaturated/α-hetero) is 1. The molecule has 0 bridgehead atoms. The minimum Gasteiger partial charge on any atom is -0.319 e. The van der Waals surface area contributed by atoms with Gasteiger partial charge in [-0.25, -0.2) is 14.8 Å². The molecule has 10 heteroatoms. The van der Waals surface area contributed by atoms with E-state index in [4.69, 9.17) is 16.6 Å². The minimum absolute atomic E-state index is 0.123. The number of carbonyl (C=O) groups excluding carboxylic acids is 1. The number of H-pyrrole nitrogens is 1. The zero-order valence-corrected chi connectivity index (χ0v) is 19.1. The van der Waals surface area contributed by atoms with Crippen molar-refractivity contribution in [2.24, 2.45) is 11.8 Å². The Balaban J connectivity index is 1.74. The van der Waals surface area contributed by atoms with E-state index in [2.05, 4.69) is 31.6 Å². The Kier molecular flexibility index (Phi) is 5.57. The molecule has 4 aromatic rings. The second-order valence-electron chi connectivity index (χ2n) is 8.79. The fourth-order valence-corrected chi connectivity index (χ4v) is 4.75. The van der Waals surface area contributed by atoms with Crippen LogP contribution >= 0.6 is 11.6 Å². The Labute approximate surface area is 194 Å². The van der Waals surface area contributed by atoms with Gasteiger partial charge in [-0.3, -0.25) is 19.3 Å². The van der Waals surface area contributed by atoms with Crippen LogP contribution < -0.4 is 5.76 Å². The van der Waals surface area contributed by atoms with Gasteiger partial charge in [-0.15, -0.1) is 0 Å². The number of aromatic nitrogens is 6. The average Bonchev–Trinajstić information content (AvgIpc) is 3.38. The fraction of sp³-hybridized carbons (Fsp3) is 0.391. The molecule has 0 saturated heterocycles. The Bertz CT molecular complexity index is 1400. The van der Waals surface area contributed by atoms with E-state index in [0.717, 1.165) is 24.3 Å². The summed E-state index contributed by atoms with van der Waals surface area (Å²) in [7, 11) is 0. The average molecular weight is 467 g/mol. The molecule has 5 rings (SSSR count). The summed E-state index contributed by atoms with van der Waals surface area (Å²) in [5.41, 5.74) is 2.92. The number of pyridine rings is 2. The summed E-state index contributed by atoms with van der Waals surface area (Å²) in [4.78, 5) is 40.3. The third kappa shape index (κ3) is 4.20. The third-order valence-corrected chi connectivity index (χ3v) is 6.48. The number of hydrogen-bond acceptors (Lipinski definition) is 7. The predicted molar refractivity (Wildman–Crippen MR) is 123 cm³/mol. The Morgan fingerprint density at radius 2 is 2.00 bits per heavy atom. The van der Waals surface area contributed by atoms with Gasteiger partial charge in [-0.1, -0.05) is 36.5 Å². The van der Waals surface area contributed by atoms with Crippen molar-refractivity contribution in [3.8, 4) is 22.8 Å². The summed E-state index contributed by atoms with van der Waals surface area (Å²) in [6.45, 7) is 4.49. The van der Waals surface area contributed by atoms with Gasteiger partial charge in [-0.05, 0) is 36.8 Å². The van der Waals surface area contributed by atoms with E-state index in [1.165, 1.54) is 19.8 Å². The maximum atomic E-state index is 12.6. The lowest BCUT2D eigenvalue weighted by Crippen LogP contribution is -2.20. The molecule has 1 saturated carbocycles. The van der Waals surface area contributed by atoms with Gasteiger partial charge in [0.25, 0.3) is 0 Å². The number of carbonyl (C=O) groups is 1. The largest absolute Gasteiger partial charge is 0.439 e. The highest BCUT2D eigenvalue weighted by Crippen LogP contribution is 2.35. The lowest BCUT2D eigenvalue weighted by molar-refractivity contribution is 0.0998. The number of imidazole rings is 1. The smallest absolute Gasteiger partial charge is 0.319 e. The molecule has 0 spiro atoms. The number of nitrogens with zero attached hydrogens (tertiary/aromatic N) is 5. The van der Waals surface area contributed by atoms with Crippen molar-refractivity contribution in [2.45, 2.75) is 46.1 Å². The van der Waals surface area contributed by atoms with Crippen molar-refractivity contribution in [1.29, 1.82) is 0 Å². The zero-order chi connectivity index (χ0) is 23.1. The van der Waals surface area contributed by atoms with Crippen LogP contribution in [0.5, 0.6) is 0 Å². The molecule has 1 fully saturated rings. The minimum atomic E-state index is -0.681. The molecular formula is C23H23ClN6O3. The topological polar surface area (TPSA) is 120 Å². The van der Waals surface area contributed by atoms with Crippen molar-refractivity contribution >= 4 is 28.4 Å². The Morgan fingerprint density at radius 3 is 2.67 bits per heavy atom. The number of aromatic amines is 1. The summed E-state index contributed by atoms with van der Waals surface area (Å²) in [6, 6.07) is 3.47. The number of nitrogens with one attached hydrogen (secondary N) is 1. The first-order valence-corrected chi connectivity index (χ1v) is 11.4. The quantitative estimate of drug-likeness (QED) is 0.429. The summed E-state index contributed by atoms with van der Waals surface area (Å²) in [5, 5.41) is 4.22. The Morgan fingerprint density at radius 1 is 1.21 bits per heavy atom. The van der Waals surface area contributed by atoms with E-state index in [9.17, 15) is 9.59 Å². The van der Waals surface area contributed by atoms with E-state index in [-0.39, 0.29) is 11.6 Å². The highest BCUT2D eigenvalue weighted by molar-refractivity contribution is 6.30. The highest BCUT2D eigenvalue weighted by Gasteiger charge is 2.25. The molecule has 0 aliphatic heterocycles. The molecule has 1 aliphatic carbocycles. The predicted octanol–water partition coefficient (Wildman–Crippen LogP) is 4.52. The van der Waals surface area contributed by atoms with Crippen LogP contribution in [0.15, 0.2) is 33.8 Å². The van der Waals surface area contributed by atoms with Gasteiger partial charge in [0.1, 0.15) is 5.69 Å². The van der Waals surface area contributed by atoms with Crippen LogP contribution in [0.2, 0.25) is 5.02 Å². The van der Waals surface area contributed by atoms with Crippen LogP contribution in [-0.2, 0) is 6.54 Å². The van der Waals surface area contributed by atoms with E-state index in [1.54, 1.807) is 24.5 Å². The van der Waals surface area contributed by atoms with Gasteiger partial charge < -0.3 is 4.57 Å². The first-order chi connectivity index (χ1) is 15.9. The van der Waals surface area contributed by atoms with Crippen molar-refractivity contribution in [2.75, 3.05) is 0 Å². The van der Waals surface area contributed by atoms with Crippen LogP contribution in [-0.4, -0.2) is 35.4 Å². The Hall–Kier alpha value is -3.33. The second kappa shape index (κ2) is 8.55. The molecule has 0 radical (unpaired) electrons. The van der Waals surface area contributed by atoms with Gasteiger partial charge in [0.05, 0.1) is 21.7 Å². The molecule has 170 valence electrons. The first kappa shape index (κ1) is 21.5. The normalized spacial score (nSPS) is 18.6. The number of halogens is 1. The zero-order valence-electron chi connectivity index (χ0n) is 18.3. The summed E-state index contributed by atoms with van der Waals surface area (Å²) < 4.78 is 6.64. The van der Waals surface area contributed by atoms with Crippen molar-refractivity contribution in [3.05, 3.63) is 45.9 Å². The van der Waals surface area contributed by atoms with Crippen LogP contribution in [0.1, 0.15) is 50.1 Å². The molecule has 1 N–H and O–H groups in total. The maximum Gasteiger partial charge on any atom is 0.439 e. The number of ketones is 1. The monoisotopic (exact) mass is 466 g/mol. The lowest BCUT2D eigenvalue weighted by atomic mass is 9.83. The van der Waals surface area contributed by atoms with E-state index >= 15 is 0 Å². The summed E-state index contributed by atoms with van der Waals surface area (Å²) in [6.07, 6.45) is 7.79. The van der Waals surface area contributed by atoms with E-state index in [1.807, 2.05) is 4.57 Å². The van der Waals surface area contributed by atoms with Crippen LogP contribution in [0, 0.1) is 11.8 Å². The molecule has 4 heterocycles. The van der Waals surface area contributed by atoms with Crippen LogP contribution in [0.25, 0.3) is 33.8 Å². The van der Waals surface area contributed by atoms with Gasteiger partial charge in [-0.2, -0.15) is 0 Å². The molecule has 0 atom stereocenters. The van der Waals surface area contributed by atoms with Gasteiger partial charge in [0.15, 0.2) is 11.6 Å². The standard InChI is InChI=1S/C23H23ClN6O3/c1-12-3-5-14(6-4-12)11-30-20-17(27-22(30)13(2)31)8-18(21-28-23(32)33-29-21)26-19(20)15-7-16(24)10-25-9-15/h7-10,12,14H,3-6,11H2,1-2H3,(H,28,29,32). The lowest BCUT2D eigenvalue weighted by Gasteiger charge is -2.27. The fourth-order valence-electron chi connectivity index (χ4n) is 4.58. The van der Waals surface area contributed by atoms with Gasteiger partial charge in [0, 0.05) is 31.4 Å². The van der Waals surface area contributed by atoms with Crippen molar-refractivity contribution < 1.29 is 9.32 Å².